The minimum absolute atomic E-state index is 0.406. The van der Waals surface area contributed by atoms with Crippen LogP contribution in [0.3, 0.4) is 0 Å². The van der Waals surface area contributed by atoms with Gasteiger partial charge in [0.15, 0.2) is 4.96 Å². The summed E-state index contributed by atoms with van der Waals surface area (Å²) in [5.41, 5.74) is 0. The standard InChI is InChI=1S/C17H35Cl2N/c1-2-3-4-5-6-7-8-9-10-11-12-13-14-15-16-20-17(18)19/h17,20H,2-16H2,1H3. The first kappa shape index (κ1) is 20.5. The van der Waals surface area contributed by atoms with Gasteiger partial charge >= 0.3 is 0 Å². The topological polar surface area (TPSA) is 12.0 Å². The summed E-state index contributed by atoms with van der Waals surface area (Å²) in [5.74, 6) is 0. The van der Waals surface area contributed by atoms with E-state index in [0.717, 1.165) is 6.54 Å². The van der Waals surface area contributed by atoms with Gasteiger partial charge in [-0.15, -0.1) is 0 Å². The average Bonchev–Trinajstić information content (AvgIpc) is 2.43. The van der Waals surface area contributed by atoms with E-state index in [1.807, 2.05) is 0 Å². The van der Waals surface area contributed by atoms with Crippen LogP contribution in [-0.4, -0.2) is 11.5 Å². The zero-order valence-corrected chi connectivity index (χ0v) is 15.0. The lowest BCUT2D eigenvalue weighted by molar-refractivity contribution is 0.532. The Kier molecular flexibility index (Phi) is 18.1. The predicted molar refractivity (Wildman–Crippen MR) is 93.8 cm³/mol. The van der Waals surface area contributed by atoms with E-state index in [4.69, 9.17) is 23.2 Å². The Morgan fingerprint density at radius 1 is 0.600 bits per heavy atom. The van der Waals surface area contributed by atoms with Crippen LogP contribution in [0.25, 0.3) is 0 Å². The first-order valence-corrected chi connectivity index (χ1v) is 9.66. The first-order chi connectivity index (χ1) is 9.77. The molecule has 0 unspecified atom stereocenters. The maximum absolute atomic E-state index is 5.59. The van der Waals surface area contributed by atoms with Gasteiger partial charge in [-0.25, -0.2) is 0 Å². The van der Waals surface area contributed by atoms with Crippen LogP contribution in [0.15, 0.2) is 0 Å². The summed E-state index contributed by atoms with van der Waals surface area (Å²) in [6.07, 6.45) is 19.5. The highest BCUT2D eigenvalue weighted by Gasteiger charge is 1.96. The molecule has 3 heteroatoms. The van der Waals surface area contributed by atoms with Gasteiger partial charge in [-0.05, 0) is 13.0 Å². The summed E-state index contributed by atoms with van der Waals surface area (Å²) in [6, 6.07) is 0. The predicted octanol–water partition coefficient (Wildman–Crippen LogP) is 6.82. The summed E-state index contributed by atoms with van der Waals surface area (Å²) >= 11 is 11.2. The molecule has 0 bridgehead atoms. The van der Waals surface area contributed by atoms with Crippen LogP contribution in [0.1, 0.15) is 96.8 Å². The van der Waals surface area contributed by atoms with E-state index in [-0.39, 0.29) is 0 Å². The van der Waals surface area contributed by atoms with Crippen molar-refractivity contribution in [3.8, 4) is 0 Å². The molecular weight excluding hydrogens is 289 g/mol. The van der Waals surface area contributed by atoms with Gasteiger partial charge in [0.25, 0.3) is 0 Å². The molecule has 0 atom stereocenters. The lowest BCUT2D eigenvalue weighted by Gasteiger charge is -2.05. The van der Waals surface area contributed by atoms with Crippen molar-refractivity contribution in [2.75, 3.05) is 6.54 Å². The Balaban J connectivity index is 2.92. The van der Waals surface area contributed by atoms with Crippen LogP contribution in [0.2, 0.25) is 0 Å². The molecule has 0 fully saturated rings. The lowest BCUT2D eigenvalue weighted by Crippen LogP contribution is -2.19. The summed E-state index contributed by atoms with van der Waals surface area (Å²) in [4.78, 5) is -0.406. The quantitative estimate of drug-likeness (QED) is 0.187. The van der Waals surface area contributed by atoms with Gasteiger partial charge < -0.3 is 0 Å². The maximum atomic E-state index is 5.59. The Morgan fingerprint density at radius 2 is 0.950 bits per heavy atom. The van der Waals surface area contributed by atoms with Crippen LogP contribution in [0, 0.1) is 0 Å². The largest absolute Gasteiger partial charge is 0.289 e. The second-order valence-corrected chi connectivity index (χ2v) is 6.95. The number of halogens is 2. The number of rotatable bonds is 16. The van der Waals surface area contributed by atoms with E-state index in [1.165, 1.54) is 89.9 Å². The molecule has 0 heterocycles. The van der Waals surface area contributed by atoms with Crippen molar-refractivity contribution in [1.82, 2.24) is 5.32 Å². The second-order valence-electron chi connectivity index (χ2n) is 5.85. The minimum atomic E-state index is -0.406. The van der Waals surface area contributed by atoms with Crippen LogP contribution in [0.4, 0.5) is 0 Å². The van der Waals surface area contributed by atoms with Gasteiger partial charge in [0.1, 0.15) is 0 Å². The van der Waals surface area contributed by atoms with Crippen LogP contribution in [-0.2, 0) is 0 Å². The molecule has 0 aliphatic heterocycles. The number of unbranched alkanes of at least 4 members (excludes halogenated alkanes) is 13. The zero-order chi connectivity index (χ0) is 14.9. The van der Waals surface area contributed by atoms with E-state index in [2.05, 4.69) is 12.2 Å². The molecule has 0 aliphatic rings. The van der Waals surface area contributed by atoms with Gasteiger partial charge in [0.2, 0.25) is 0 Å². The van der Waals surface area contributed by atoms with Gasteiger partial charge in [0.05, 0.1) is 0 Å². The van der Waals surface area contributed by atoms with E-state index in [1.54, 1.807) is 0 Å². The van der Waals surface area contributed by atoms with E-state index >= 15 is 0 Å². The molecule has 0 saturated carbocycles. The molecule has 0 amide bonds. The van der Waals surface area contributed by atoms with Crippen LogP contribution in [0.5, 0.6) is 0 Å². The van der Waals surface area contributed by atoms with Gasteiger partial charge in [-0.3, -0.25) is 5.32 Å². The molecule has 0 aromatic rings. The Labute approximate surface area is 137 Å². The Morgan fingerprint density at radius 3 is 1.30 bits per heavy atom. The third kappa shape index (κ3) is 18.5. The zero-order valence-electron chi connectivity index (χ0n) is 13.4. The SMILES string of the molecule is CCCCCCCCCCCCCCCCNC(Cl)Cl. The molecule has 1 N–H and O–H groups in total. The number of nitrogens with one attached hydrogen (secondary N) is 1. The highest BCUT2D eigenvalue weighted by molar-refractivity contribution is 6.43. The minimum Gasteiger partial charge on any atom is -0.289 e. The summed E-state index contributed by atoms with van der Waals surface area (Å²) < 4.78 is 0. The fourth-order valence-corrected chi connectivity index (χ4v) is 2.75. The number of alkyl halides is 2. The first-order valence-electron chi connectivity index (χ1n) is 8.79. The monoisotopic (exact) mass is 323 g/mol. The van der Waals surface area contributed by atoms with Crippen molar-refractivity contribution < 1.29 is 0 Å². The third-order valence-electron chi connectivity index (χ3n) is 3.83. The molecule has 0 aromatic carbocycles. The molecule has 20 heavy (non-hydrogen) atoms. The normalized spacial score (nSPS) is 11.4. The molecule has 122 valence electrons. The Bertz CT molecular complexity index is 174. The number of hydrogen-bond acceptors (Lipinski definition) is 1. The summed E-state index contributed by atoms with van der Waals surface area (Å²) in [7, 11) is 0. The number of hydrogen-bond donors (Lipinski definition) is 1. The third-order valence-corrected chi connectivity index (χ3v) is 4.14. The van der Waals surface area contributed by atoms with Gasteiger partial charge in [-0.1, -0.05) is 114 Å². The highest BCUT2D eigenvalue weighted by atomic mass is 35.5. The summed E-state index contributed by atoms with van der Waals surface area (Å²) in [5, 5.41) is 3.02. The smallest absolute Gasteiger partial charge is 0.158 e. The van der Waals surface area contributed by atoms with Crippen molar-refractivity contribution >= 4 is 23.2 Å². The van der Waals surface area contributed by atoms with Crippen molar-refractivity contribution in [3.05, 3.63) is 0 Å². The van der Waals surface area contributed by atoms with Crippen LogP contribution < -0.4 is 5.32 Å². The second kappa shape index (κ2) is 17.6. The average molecular weight is 324 g/mol. The van der Waals surface area contributed by atoms with Crippen molar-refractivity contribution in [3.63, 3.8) is 0 Å². The van der Waals surface area contributed by atoms with Crippen molar-refractivity contribution in [2.24, 2.45) is 0 Å². The summed E-state index contributed by atoms with van der Waals surface area (Å²) in [6.45, 7) is 3.22. The lowest BCUT2D eigenvalue weighted by atomic mass is 10.0. The van der Waals surface area contributed by atoms with Crippen molar-refractivity contribution in [1.29, 1.82) is 0 Å². The van der Waals surface area contributed by atoms with Crippen molar-refractivity contribution in [2.45, 2.75) is 102 Å². The van der Waals surface area contributed by atoms with E-state index in [9.17, 15) is 0 Å². The maximum Gasteiger partial charge on any atom is 0.158 e. The molecule has 0 spiro atoms. The van der Waals surface area contributed by atoms with Gasteiger partial charge in [0, 0.05) is 0 Å². The highest BCUT2D eigenvalue weighted by Crippen LogP contribution is 2.12. The Hall–Kier alpha value is 0.540. The van der Waals surface area contributed by atoms with E-state index in [0.29, 0.717) is 0 Å². The molecule has 0 saturated heterocycles. The fraction of sp³-hybridized carbons (Fsp3) is 1.00. The fourth-order valence-electron chi connectivity index (χ4n) is 2.53. The molecular formula is C17H35Cl2N. The molecule has 0 aliphatic carbocycles. The molecule has 1 nitrogen and oxygen atoms in total. The molecule has 0 radical (unpaired) electrons. The van der Waals surface area contributed by atoms with Gasteiger partial charge in [-0.2, -0.15) is 0 Å². The van der Waals surface area contributed by atoms with E-state index < -0.39 is 4.96 Å². The molecule has 0 aromatic heterocycles. The van der Waals surface area contributed by atoms with Crippen LogP contribution >= 0.6 is 23.2 Å². The molecule has 0 rings (SSSR count).